The Labute approximate surface area is 176 Å². The number of nitro benzene ring substituents is 1. The van der Waals surface area contributed by atoms with Crippen molar-refractivity contribution in [2.24, 2.45) is 0 Å². The number of fused-ring (bicyclic) bond motifs is 1. The molecular formula is C21H20N2O6S. The molecule has 0 radical (unpaired) electrons. The number of nitrogens with zero attached hydrogens (tertiary/aromatic N) is 2. The zero-order chi connectivity index (χ0) is 21.3. The first kappa shape index (κ1) is 20.1. The monoisotopic (exact) mass is 428 g/mol. The molecule has 2 heterocycles. The van der Waals surface area contributed by atoms with Crippen molar-refractivity contribution < 1.29 is 23.9 Å². The van der Waals surface area contributed by atoms with Crippen LogP contribution in [0.1, 0.15) is 9.67 Å². The molecule has 1 aromatic heterocycles. The second-order valence-electron chi connectivity index (χ2n) is 6.72. The maximum atomic E-state index is 13.4. The highest BCUT2D eigenvalue weighted by Gasteiger charge is 2.27. The molecule has 0 unspecified atom stereocenters. The molecule has 0 N–H and O–H groups in total. The van der Waals surface area contributed by atoms with Crippen LogP contribution in [0.3, 0.4) is 0 Å². The van der Waals surface area contributed by atoms with Crippen LogP contribution in [0.4, 0.5) is 5.69 Å². The van der Waals surface area contributed by atoms with Crippen molar-refractivity contribution in [2.45, 2.75) is 0 Å². The molecule has 1 aliphatic rings. The van der Waals surface area contributed by atoms with Crippen LogP contribution in [0.15, 0.2) is 36.4 Å². The molecule has 4 rings (SSSR count). The smallest absolute Gasteiger partial charge is 0.270 e. The standard InChI is InChI=1S/C21H20N2O6S/c1-27-16-5-3-13(11-17(16)28-2)19-15-12-14(23(25)26)4-6-18(15)30-20(19)21(24)22-7-9-29-10-8-22/h3-6,11-12H,7-10H2,1-2H3. The molecule has 0 saturated carbocycles. The summed E-state index contributed by atoms with van der Waals surface area (Å²) >= 11 is 1.34. The normalized spacial score (nSPS) is 14.0. The number of amides is 1. The largest absolute Gasteiger partial charge is 0.493 e. The zero-order valence-corrected chi connectivity index (χ0v) is 17.4. The number of benzene rings is 2. The number of thiophene rings is 1. The fourth-order valence-electron chi connectivity index (χ4n) is 3.54. The zero-order valence-electron chi connectivity index (χ0n) is 16.5. The average Bonchev–Trinajstić information content (AvgIpc) is 3.17. The topological polar surface area (TPSA) is 91.1 Å². The van der Waals surface area contributed by atoms with E-state index < -0.39 is 4.92 Å². The molecule has 1 fully saturated rings. The molecule has 0 spiro atoms. The minimum atomic E-state index is -0.432. The molecule has 1 amide bonds. The van der Waals surface area contributed by atoms with Gasteiger partial charge in [-0.3, -0.25) is 14.9 Å². The minimum Gasteiger partial charge on any atom is -0.493 e. The number of nitro groups is 1. The molecule has 0 atom stereocenters. The summed E-state index contributed by atoms with van der Waals surface area (Å²) < 4.78 is 16.9. The molecule has 0 bridgehead atoms. The summed E-state index contributed by atoms with van der Waals surface area (Å²) in [5.41, 5.74) is 1.37. The van der Waals surface area contributed by atoms with Crippen LogP contribution in [-0.2, 0) is 4.74 Å². The van der Waals surface area contributed by atoms with E-state index in [1.54, 1.807) is 30.2 Å². The fourth-order valence-corrected chi connectivity index (χ4v) is 4.71. The van der Waals surface area contributed by atoms with Gasteiger partial charge >= 0.3 is 0 Å². The molecule has 8 nitrogen and oxygen atoms in total. The Hall–Kier alpha value is -3.17. The predicted octanol–water partition coefficient (Wildman–Crippen LogP) is 3.97. The van der Waals surface area contributed by atoms with E-state index in [1.807, 2.05) is 6.07 Å². The van der Waals surface area contributed by atoms with E-state index in [0.717, 1.165) is 10.3 Å². The van der Waals surface area contributed by atoms with E-state index in [9.17, 15) is 14.9 Å². The van der Waals surface area contributed by atoms with E-state index in [2.05, 4.69) is 0 Å². The van der Waals surface area contributed by atoms with Gasteiger partial charge in [-0.05, 0) is 23.8 Å². The van der Waals surface area contributed by atoms with Crippen LogP contribution in [0, 0.1) is 10.1 Å². The number of hydrogen-bond donors (Lipinski definition) is 0. The molecule has 0 aliphatic carbocycles. The van der Waals surface area contributed by atoms with Gasteiger partial charge in [-0.15, -0.1) is 11.3 Å². The van der Waals surface area contributed by atoms with Crippen molar-refractivity contribution in [1.82, 2.24) is 4.90 Å². The van der Waals surface area contributed by atoms with Gasteiger partial charge in [0.15, 0.2) is 11.5 Å². The highest BCUT2D eigenvalue weighted by molar-refractivity contribution is 7.21. The van der Waals surface area contributed by atoms with Crippen molar-refractivity contribution in [1.29, 1.82) is 0 Å². The van der Waals surface area contributed by atoms with Gasteiger partial charge in [-0.2, -0.15) is 0 Å². The molecule has 9 heteroatoms. The number of hydrogen-bond acceptors (Lipinski definition) is 7. The Morgan fingerprint density at radius 3 is 2.50 bits per heavy atom. The van der Waals surface area contributed by atoms with Crippen LogP contribution >= 0.6 is 11.3 Å². The summed E-state index contributed by atoms with van der Waals surface area (Å²) in [7, 11) is 3.09. The van der Waals surface area contributed by atoms with E-state index >= 15 is 0 Å². The van der Waals surface area contributed by atoms with Crippen LogP contribution in [0.5, 0.6) is 11.5 Å². The molecule has 1 aliphatic heterocycles. The van der Waals surface area contributed by atoms with Crippen LogP contribution in [-0.4, -0.2) is 56.3 Å². The second-order valence-corrected chi connectivity index (χ2v) is 7.77. The summed E-state index contributed by atoms with van der Waals surface area (Å²) in [6, 6.07) is 10.1. The molecular weight excluding hydrogens is 408 g/mol. The maximum absolute atomic E-state index is 13.4. The Balaban J connectivity index is 1.93. The first-order valence-corrected chi connectivity index (χ1v) is 10.2. The van der Waals surface area contributed by atoms with E-state index in [4.69, 9.17) is 14.2 Å². The Kier molecular flexibility index (Phi) is 5.56. The quantitative estimate of drug-likeness (QED) is 0.451. The molecule has 3 aromatic rings. The van der Waals surface area contributed by atoms with Gasteiger partial charge in [0.25, 0.3) is 11.6 Å². The minimum absolute atomic E-state index is 0.0209. The molecule has 2 aromatic carbocycles. The number of non-ortho nitro benzene ring substituents is 1. The number of rotatable bonds is 5. The third-order valence-electron chi connectivity index (χ3n) is 5.05. The Morgan fingerprint density at radius 2 is 1.83 bits per heavy atom. The lowest BCUT2D eigenvalue weighted by Crippen LogP contribution is -2.40. The number of ether oxygens (including phenoxy) is 3. The van der Waals surface area contributed by atoms with Gasteiger partial charge in [-0.25, -0.2) is 0 Å². The number of morpholine rings is 1. The molecule has 1 saturated heterocycles. The lowest BCUT2D eigenvalue weighted by atomic mass is 10.0. The summed E-state index contributed by atoms with van der Waals surface area (Å²) in [5, 5.41) is 12.0. The van der Waals surface area contributed by atoms with Gasteiger partial charge in [0.2, 0.25) is 0 Å². The average molecular weight is 428 g/mol. The van der Waals surface area contributed by atoms with E-state index in [1.165, 1.54) is 30.6 Å². The van der Waals surface area contributed by atoms with Crippen molar-refractivity contribution in [3.05, 3.63) is 51.4 Å². The van der Waals surface area contributed by atoms with E-state index in [-0.39, 0.29) is 11.6 Å². The molecule has 156 valence electrons. The van der Waals surface area contributed by atoms with Gasteiger partial charge in [0, 0.05) is 40.9 Å². The summed E-state index contributed by atoms with van der Waals surface area (Å²) in [6.45, 7) is 2.01. The summed E-state index contributed by atoms with van der Waals surface area (Å²) in [6.07, 6.45) is 0. The van der Waals surface area contributed by atoms with Gasteiger partial charge in [0.05, 0.1) is 32.4 Å². The van der Waals surface area contributed by atoms with Crippen molar-refractivity contribution >= 4 is 33.0 Å². The second kappa shape index (κ2) is 8.29. The van der Waals surface area contributed by atoms with Crippen molar-refractivity contribution in [2.75, 3.05) is 40.5 Å². The van der Waals surface area contributed by atoms with Gasteiger partial charge < -0.3 is 19.1 Å². The third-order valence-corrected chi connectivity index (χ3v) is 6.21. The van der Waals surface area contributed by atoms with Crippen LogP contribution < -0.4 is 9.47 Å². The lowest BCUT2D eigenvalue weighted by molar-refractivity contribution is -0.384. The van der Waals surface area contributed by atoms with Gasteiger partial charge in [-0.1, -0.05) is 6.07 Å². The predicted molar refractivity (Wildman–Crippen MR) is 114 cm³/mol. The highest BCUT2D eigenvalue weighted by Crippen LogP contribution is 2.43. The SMILES string of the molecule is COc1ccc(-c2c(C(=O)N3CCOCC3)sc3ccc([N+](=O)[O-])cc23)cc1OC. The first-order chi connectivity index (χ1) is 14.5. The Morgan fingerprint density at radius 1 is 1.10 bits per heavy atom. The van der Waals surface area contributed by atoms with E-state index in [0.29, 0.717) is 53.6 Å². The molecule has 30 heavy (non-hydrogen) atoms. The summed E-state index contributed by atoms with van der Waals surface area (Å²) in [5.74, 6) is 0.976. The number of carbonyl (C=O) groups is 1. The fraction of sp³-hybridized carbons (Fsp3) is 0.286. The van der Waals surface area contributed by atoms with Crippen molar-refractivity contribution in [3.8, 4) is 22.6 Å². The maximum Gasteiger partial charge on any atom is 0.270 e. The van der Waals surface area contributed by atoms with Gasteiger partial charge in [0.1, 0.15) is 4.88 Å². The Bertz CT molecular complexity index is 1120. The van der Waals surface area contributed by atoms with Crippen molar-refractivity contribution in [3.63, 3.8) is 0 Å². The summed E-state index contributed by atoms with van der Waals surface area (Å²) in [4.78, 5) is 26.6. The van der Waals surface area contributed by atoms with Crippen LogP contribution in [0.2, 0.25) is 0 Å². The highest BCUT2D eigenvalue weighted by atomic mass is 32.1. The first-order valence-electron chi connectivity index (χ1n) is 9.34. The number of methoxy groups -OCH3 is 2. The lowest BCUT2D eigenvalue weighted by Gasteiger charge is -2.26. The number of carbonyl (C=O) groups excluding carboxylic acids is 1. The van der Waals surface area contributed by atoms with Crippen LogP contribution in [0.25, 0.3) is 21.2 Å². The third kappa shape index (κ3) is 3.57.